The lowest BCUT2D eigenvalue weighted by Crippen LogP contribution is -2.40. The molecule has 7 heteroatoms. The molecular weight excluding hydrogens is 350 g/mol. The summed E-state index contributed by atoms with van der Waals surface area (Å²) in [5.74, 6) is 1.44. The fourth-order valence-corrected chi connectivity index (χ4v) is 3.90. The summed E-state index contributed by atoms with van der Waals surface area (Å²) in [6.07, 6.45) is 6.49. The predicted molar refractivity (Wildman–Crippen MR) is 102 cm³/mol. The Morgan fingerprint density at radius 3 is 3.00 bits per heavy atom. The molecule has 2 aliphatic rings. The summed E-state index contributed by atoms with van der Waals surface area (Å²) in [4.78, 5) is 14.7. The molecule has 0 spiro atoms. The van der Waals surface area contributed by atoms with Crippen molar-refractivity contribution in [1.82, 2.24) is 19.7 Å². The van der Waals surface area contributed by atoms with Crippen molar-refractivity contribution in [3.8, 4) is 0 Å². The first-order valence-corrected chi connectivity index (χ1v) is 9.66. The smallest absolute Gasteiger partial charge is 0.238 e. The largest absolute Gasteiger partial charge is 0.325 e. The molecule has 1 aromatic heterocycles. The van der Waals surface area contributed by atoms with Gasteiger partial charge in [0.15, 0.2) is 0 Å². The van der Waals surface area contributed by atoms with Crippen LogP contribution in [-0.4, -0.2) is 45.2 Å². The second-order valence-corrected chi connectivity index (χ2v) is 7.77. The number of amides is 1. The van der Waals surface area contributed by atoms with Crippen LogP contribution in [0.1, 0.15) is 49.0 Å². The van der Waals surface area contributed by atoms with Gasteiger partial charge in [0.25, 0.3) is 0 Å². The van der Waals surface area contributed by atoms with Crippen LogP contribution in [0.25, 0.3) is 0 Å². The van der Waals surface area contributed by atoms with Crippen LogP contribution < -0.4 is 5.32 Å². The predicted octanol–water partition coefficient (Wildman–Crippen LogP) is 3.39. The van der Waals surface area contributed by atoms with Gasteiger partial charge in [0.2, 0.25) is 5.91 Å². The minimum absolute atomic E-state index is 0.000300. The zero-order chi connectivity index (χ0) is 18.1. The fourth-order valence-electron chi connectivity index (χ4n) is 3.72. The highest BCUT2D eigenvalue weighted by molar-refractivity contribution is 6.31. The summed E-state index contributed by atoms with van der Waals surface area (Å²) in [5, 5.41) is 12.2. The Kier molecular flexibility index (Phi) is 4.96. The summed E-state index contributed by atoms with van der Waals surface area (Å²) >= 11 is 6.13. The number of hydrogen-bond donors (Lipinski definition) is 1. The van der Waals surface area contributed by atoms with Crippen LogP contribution in [0, 0.1) is 6.92 Å². The molecule has 1 atom stereocenters. The number of anilines is 1. The maximum atomic E-state index is 12.5. The zero-order valence-corrected chi connectivity index (χ0v) is 15.7. The number of carbonyl (C=O) groups excluding carboxylic acids is 1. The lowest BCUT2D eigenvalue weighted by Gasteiger charge is -2.31. The molecule has 26 heavy (non-hydrogen) atoms. The highest BCUT2D eigenvalue weighted by atomic mass is 35.5. The normalized spacial score (nSPS) is 20.9. The number of piperidine rings is 1. The minimum Gasteiger partial charge on any atom is -0.325 e. The van der Waals surface area contributed by atoms with Crippen molar-refractivity contribution in [2.45, 2.75) is 44.6 Å². The van der Waals surface area contributed by atoms with Gasteiger partial charge in [0.05, 0.1) is 6.54 Å². The van der Waals surface area contributed by atoms with Gasteiger partial charge < -0.3 is 9.88 Å². The van der Waals surface area contributed by atoms with E-state index in [0.717, 1.165) is 43.0 Å². The van der Waals surface area contributed by atoms with E-state index in [1.54, 1.807) is 0 Å². The van der Waals surface area contributed by atoms with Gasteiger partial charge in [-0.1, -0.05) is 17.7 Å². The van der Waals surface area contributed by atoms with Gasteiger partial charge in [-0.25, -0.2) is 0 Å². The maximum Gasteiger partial charge on any atom is 0.238 e. The number of likely N-dealkylation sites (tertiary alicyclic amines) is 1. The number of benzene rings is 1. The molecule has 1 N–H and O–H groups in total. The molecule has 1 aromatic carbocycles. The molecule has 1 saturated carbocycles. The van der Waals surface area contributed by atoms with Gasteiger partial charge >= 0.3 is 0 Å². The van der Waals surface area contributed by atoms with Gasteiger partial charge in [-0.05, 0) is 56.8 Å². The molecule has 2 aromatic rings. The van der Waals surface area contributed by atoms with Crippen LogP contribution in [0.5, 0.6) is 0 Å². The van der Waals surface area contributed by atoms with Crippen LogP contribution in [-0.2, 0) is 4.79 Å². The van der Waals surface area contributed by atoms with Crippen molar-refractivity contribution >= 4 is 23.2 Å². The van der Waals surface area contributed by atoms with Crippen LogP contribution in [0.3, 0.4) is 0 Å². The molecule has 138 valence electrons. The van der Waals surface area contributed by atoms with Crippen LogP contribution in [0.15, 0.2) is 24.5 Å². The second-order valence-electron chi connectivity index (χ2n) is 7.36. The minimum atomic E-state index is -0.000300. The molecule has 1 unspecified atom stereocenters. The number of carbonyl (C=O) groups is 1. The lowest BCUT2D eigenvalue weighted by molar-refractivity contribution is -0.117. The van der Waals surface area contributed by atoms with Crippen LogP contribution in [0.2, 0.25) is 5.02 Å². The van der Waals surface area contributed by atoms with E-state index in [1.165, 1.54) is 12.8 Å². The van der Waals surface area contributed by atoms with E-state index in [-0.39, 0.29) is 5.91 Å². The number of nitrogens with one attached hydrogen (secondary N) is 1. The van der Waals surface area contributed by atoms with E-state index in [2.05, 4.69) is 25.0 Å². The third kappa shape index (κ3) is 3.76. The van der Waals surface area contributed by atoms with Crippen molar-refractivity contribution in [2.24, 2.45) is 0 Å². The van der Waals surface area contributed by atoms with E-state index in [1.807, 2.05) is 31.5 Å². The Labute approximate surface area is 158 Å². The van der Waals surface area contributed by atoms with Gasteiger partial charge in [0.1, 0.15) is 12.2 Å². The maximum absolute atomic E-state index is 12.5. The molecule has 0 radical (unpaired) electrons. The van der Waals surface area contributed by atoms with Crippen molar-refractivity contribution < 1.29 is 4.79 Å². The molecular formula is C19H24ClN5O. The topological polar surface area (TPSA) is 63.1 Å². The molecule has 4 rings (SSSR count). The standard InChI is InChI=1S/C19H24ClN5O/c1-13-16(20)5-2-6-17(13)22-18(26)11-24-9-3-4-14(10-24)19-23-21-12-25(19)15-7-8-15/h2,5-6,12,14-15H,3-4,7-11H2,1H3,(H,22,26). The van der Waals surface area contributed by atoms with Gasteiger partial charge in [-0.3, -0.25) is 9.69 Å². The number of rotatable bonds is 5. The molecule has 1 amide bonds. The molecule has 2 fully saturated rings. The summed E-state index contributed by atoms with van der Waals surface area (Å²) in [6.45, 7) is 4.10. The van der Waals surface area contributed by atoms with Crippen LogP contribution in [0.4, 0.5) is 5.69 Å². The van der Waals surface area contributed by atoms with E-state index in [4.69, 9.17) is 11.6 Å². The number of nitrogens with zero attached hydrogens (tertiary/aromatic N) is 4. The highest BCUT2D eigenvalue weighted by Gasteiger charge is 2.31. The van der Waals surface area contributed by atoms with Crippen LogP contribution >= 0.6 is 11.6 Å². The fraction of sp³-hybridized carbons (Fsp3) is 0.526. The van der Waals surface area contributed by atoms with Crippen molar-refractivity contribution in [3.05, 3.63) is 40.9 Å². The van der Waals surface area contributed by atoms with Gasteiger partial charge in [-0.2, -0.15) is 0 Å². The van der Waals surface area contributed by atoms with E-state index >= 15 is 0 Å². The Hall–Kier alpha value is -1.92. The first kappa shape index (κ1) is 17.5. The first-order valence-electron chi connectivity index (χ1n) is 9.28. The Morgan fingerprint density at radius 2 is 2.19 bits per heavy atom. The second kappa shape index (κ2) is 7.37. The molecule has 6 nitrogen and oxygen atoms in total. The highest BCUT2D eigenvalue weighted by Crippen LogP contribution is 2.38. The van der Waals surface area contributed by atoms with E-state index < -0.39 is 0 Å². The van der Waals surface area contributed by atoms with E-state index in [9.17, 15) is 4.79 Å². The Morgan fingerprint density at radius 1 is 1.35 bits per heavy atom. The number of halogens is 1. The third-order valence-corrected chi connectivity index (χ3v) is 5.73. The number of aromatic nitrogens is 3. The Balaban J connectivity index is 1.38. The molecule has 1 aliphatic carbocycles. The average molecular weight is 374 g/mol. The summed E-state index contributed by atoms with van der Waals surface area (Å²) in [7, 11) is 0. The molecule has 1 saturated heterocycles. The third-order valence-electron chi connectivity index (χ3n) is 5.32. The SMILES string of the molecule is Cc1c(Cl)cccc1NC(=O)CN1CCCC(c2nncn2C2CC2)C1. The van der Waals surface area contributed by atoms with E-state index in [0.29, 0.717) is 23.5 Å². The molecule has 0 bridgehead atoms. The molecule has 2 heterocycles. The first-order chi connectivity index (χ1) is 12.6. The van der Waals surface area contributed by atoms with Crippen molar-refractivity contribution in [2.75, 3.05) is 25.0 Å². The summed E-state index contributed by atoms with van der Waals surface area (Å²) in [6, 6.07) is 6.16. The Bertz CT molecular complexity index is 801. The molecule has 1 aliphatic heterocycles. The van der Waals surface area contributed by atoms with Crippen molar-refractivity contribution in [3.63, 3.8) is 0 Å². The lowest BCUT2D eigenvalue weighted by atomic mass is 9.97. The summed E-state index contributed by atoms with van der Waals surface area (Å²) < 4.78 is 2.24. The quantitative estimate of drug-likeness (QED) is 0.872. The zero-order valence-electron chi connectivity index (χ0n) is 15.0. The monoisotopic (exact) mass is 373 g/mol. The average Bonchev–Trinajstić information content (AvgIpc) is 3.35. The van der Waals surface area contributed by atoms with Crippen molar-refractivity contribution in [1.29, 1.82) is 0 Å². The van der Waals surface area contributed by atoms with Gasteiger partial charge in [-0.15, -0.1) is 10.2 Å². The summed E-state index contributed by atoms with van der Waals surface area (Å²) in [5.41, 5.74) is 1.68. The number of hydrogen-bond acceptors (Lipinski definition) is 4. The van der Waals surface area contributed by atoms with Gasteiger partial charge in [0, 0.05) is 29.2 Å².